The molecule has 0 bridgehead atoms. The molecule has 0 unspecified atom stereocenters. The Labute approximate surface area is 118 Å². The number of rotatable bonds is 5. The van der Waals surface area contributed by atoms with E-state index in [0.29, 0.717) is 11.6 Å². The van der Waals surface area contributed by atoms with E-state index >= 15 is 0 Å². The van der Waals surface area contributed by atoms with Crippen LogP contribution in [0, 0.1) is 17.2 Å². The second-order valence-electron chi connectivity index (χ2n) is 5.39. The smallest absolute Gasteiger partial charge is 0.0992 e. The van der Waals surface area contributed by atoms with Gasteiger partial charge in [-0.3, -0.25) is 0 Å². The molecule has 1 saturated carbocycles. The first-order valence-corrected chi connectivity index (χ1v) is 7.37. The second kappa shape index (κ2) is 5.75. The minimum absolute atomic E-state index is 0.702. The molecule has 0 saturated heterocycles. The van der Waals surface area contributed by atoms with Gasteiger partial charge in [-0.15, -0.1) is 0 Å². The van der Waals surface area contributed by atoms with Crippen LogP contribution in [0.3, 0.4) is 0 Å². The fraction of sp³-hybridized carbons (Fsp3) is 0.533. The fourth-order valence-corrected chi connectivity index (χ4v) is 2.70. The van der Waals surface area contributed by atoms with E-state index in [1.54, 1.807) is 0 Å². The van der Waals surface area contributed by atoms with Crippen LogP contribution in [-0.2, 0) is 0 Å². The third-order valence-corrected chi connectivity index (χ3v) is 3.96. The molecule has 18 heavy (non-hydrogen) atoms. The molecule has 0 amide bonds. The van der Waals surface area contributed by atoms with Gasteiger partial charge in [0.15, 0.2) is 0 Å². The Balaban J connectivity index is 2.17. The van der Waals surface area contributed by atoms with E-state index in [1.807, 2.05) is 12.1 Å². The van der Waals surface area contributed by atoms with E-state index in [9.17, 15) is 0 Å². The van der Waals surface area contributed by atoms with Gasteiger partial charge in [-0.05, 0) is 59.3 Å². The molecule has 3 heteroatoms. The fourth-order valence-electron chi connectivity index (χ4n) is 2.09. The molecule has 1 aliphatic carbocycles. The molecule has 0 spiro atoms. The van der Waals surface area contributed by atoms with Crippen molar-refractivity contribution >= 4 is 21.6 Å². The van der Waals surface area contributed by atoms with Gasteiger partial charge in [0.05, 0.1) is 17.3 Å². The maximum atomic E-state index is 8.90. The summed E-state index contributed by atoms with van der Waals surface area (Å²) in [6.07, 6.45) is 3.80. The highest BCUT2D eigenvalue weighted by Crippen LogP contribution is 2.36. The topological polar surface area (TPSA) is 27.0 Å². The van der Waals surface area contributed by atoms with Crippen LogP contribution >= 0.6 is 15.9 Å². The number of nitriles is 1. The van der Waals surface area contributed by atoms with Crippen LogP contribution in [0.2, 0.25) is 0 Å². The quantitative estimate of drug-likeness (QED) is 0.809. The Hall–Kier alpha value is -1.01. The van der Waals surface area contributed by atoms with Crippen molar-refractivity contribution in [3.05, 3.63) is 28.2 Å². The first kappa shape index (κ1) is 13.4. The van der Waals surface area contributed by atoms with Crippen molar-refractivity contribution in [2.45, 2.75) is 39.2 Å². The average Bonchev–Trinajstić information content (AvgIpc) is 3.15. The van der Waals surface area contributed by atoms with Gasteiger partial charge in [0.25, 0.3) is 0 Å². The molecule has 0 radical (unpaired) electrons. The summed E-state index contributed by atoms with van der Waals surface area (Å²) >= 11 is 3.60. The number of nitrogens with zero attached hydrogens (tertiary/aromatic N) is 2. The lowest BCUT2D eigenvalue weighted by Gasteiger charge is -2.26. The number of anilines is 1. The number of hydrogen-bond donors (Lipinski definition) is 0. The summed E-state index contributed by atoms with van der Waals surface area (Å²) in [6.45, 7) is 5.63. The summed E-state index contributed by atoms with van der Waals surface area (Å²) in [6, 6.07) is 8.78. The minimum Gasteiger partial charge on any atom is -0.368 e. The average molecular weight is 307 g/mol. The standard InChI is InChI=1S/C15H19BrN2/c1-11(2)7-8-18(13-4-5-13)15-6-3-12(10-17)9-14(15)16/h3,6,9,11,13H,4-5,7-8H2,1-2H3. The Bertz CT molecular complexity index is 458. The van der Waals surface area contributed by atoms with Crippen LogP contribution < -0.4 is 4.90 Å². The Morgan fingerprint density at radius 3 is 2.67 bits per heavy atom. The van der Waals surface area contributed by atoms with Gasteiger partial charge in [-0.1, -0.05) is 13.8 Å². The summed E-state index contributed by atoms with van der Waals surface area (Å²) in [5, 5.41) is 8.90. The number of halogens is 1. The number of benzene rings is 1. The van der Waals surface area contributed by atoms with Crippen molar-refractivity contribution < 1.29 is 0 Å². The van der Waals surface area contributed by atoms with Gasteiger partial charge in [-0.25, -0.2) is 0 Å². The van der Waals surface area contributed by atoms with E-state index in [-0.39, 0.29) is 0 Å². The lowest BCUT2D eigenvalue weighted by Crippen LogP contribution is -2.28. The third-order valence-electron chi connectivity index (χ3n) is 3.32. The first-order chi connectivity index (χ1) is 8.61. The summed E-state index contributed by atoms with van der Waals surface area (Å²) in [5.74, 6) is 0.725. The highest BCUT2D eigenvalue weighted by molar-refractivity contribution is 9.10. The maximum absolute atomic E-state index is 8.90. The highest BCUT2D eigenvalue weighted by Gasteiger charge is 2.30. The molecule has 2 rings (SSSR count). The molecule has 0 N–H and O–H groups in total. The van der Waals surface area contributed by atoms with Crippen LogP contribution in [0.15, 0.2) is 22.7 Å². The lowest BCUT2D eigenvalue weighted by molar-refractivity contribution is 0.570. The Kier molecular flexibility index (Phi) is 4.29. The molecule has 1 aromatic carbocycles. The predicted octanol–water partition coefficient (Wildman–Crippen LogP) is 4.34. The van der Waals surface area contributed by atoms with Crippen LogP contribution in [0.1, 0.15) is 38.7 Å². The van der Waals surface area contributed by atoms with Crippen molar-refractivity contribution in [1.29, 1.82) is 5.26 Å². The van der Waals surface area contributed by atoms with E-state index < -0.39 is 0 Å². The molecule has 96 valence electrons. The van der Waals surface area contributed by atoms with Gasteiger partial charge in [0.2, 0.25) is 0 Å². The zero-order valence-electron chi connectivity index (χ0n) is 11.0. The third kappa shape index (κ3) is 3.26. The molecule has 2 nitrogen and oxygen atoms in total. The summed E-state index contributed by atoms with van der Waals surface area (Å²) in [4.78, 5) is 2.49. The molecule has 0 heterocycles. The molecule has 0 atom stereocenters. The summed E-state index contributed by atoms with van der Waals surface area (Å²) in [7, 11) is 0. The monoisotopic (exact) mass is 306 g/mol. The first-order valence-electron chi connectivity index (χ1n) is 6.58. The largest absolute Gasteiger partial charge is 0.368 e. The van der Waals surface area contributed by atoms with E-state index in [2.05, 4.69) is 46.8 Å². The number of hydrogen-bond acceptors (Lipinski definition) is 2. The zero-order chi connectivity index (χ0) is 13.1. The molecule has 1 aromatic rings. The predicted molar refractivity (Wildman–Crippen MR) is 78.7 cm³/mol. The summed E-state index contributed by atoms with van der Waals surface area (Å²) in [5.41, 5.74) is 1.95. The van der Waals surface area contributed by atoms with Crippen molar-refractivity contribution in [2.75, 3.05) is 11.4 Å². The van der Waals surface area contributed by atoms with Crippen LogP contribution in [-0.4, -0.2) is 12.6 Å². The van der Waals surface area contributed by atoms with E-state index in [4.69, 9.17) is 5.26 Å². The van der Waals surface area contributed by atoms with Crippen molar-refractivity contribution in [3.63, 3.8) is 0 Å². The van der Waals surface area contributed by atoms with Gasteiger partial charge in [0.1, 0.15) is 0 Å². The van der Waals surface area contributed by atoms with Gasteiger partial charge < -0.3 is 4.90 Å². The molecule has 1 fully saturated rings. The molecular weight excluding hydrogens is 288 g/mol. The molecule has 1 aliphatic rings. The minimum atomic E-state index is 0.702. The molecular formula is C15H19BrN2. The van der Waals surface area contributed by atoms with Gasteiger partial charge in [-0.2, -0.15) is 5.26 Å². The Morgan fingerprint density at radius 2 is 2.17 bits per heavy atom. The van der Waals surface area contributed by atoms with Crippen LogP contribution in [0.25, 0.3) is 0 Å². The second-order valence-corrected chi connectivity index (χ2v) is 6.24. The van der Waals surface area contributed by atoms with Crippen molar-refractivity contribution in [3.8, 4) is 6.07 Å². The van der Waals surface area contributed by atoms with E-state index in [0.717, 1.165) is 16.9 Å². The van der Waals surface area contributed by atoms with Gasteiger partial charge in [0, 0.05) is 17.1 Å². The normalized spacial score (nSPS) is 14.6. The molecule has 0 aliphatic heterocycles. The van der Waals surface area contributed by atoms with Crippen molar-refractivity contribution in [1.82, 2.24) is 0 Å². The van der Waals surface area contributed by atoms with Gasteiger partial charge >= 0.3 is 0 Å². The summed E-state index contributed by atoms with van der Waals surface area (Å²) < 4.78 is 1.04. The SMILES string of the molecule is CC(C)CCN(c1ccc(C#N)cc1Br)C1CC1. The highest BCUT2D eigenvalue weighted by atomic mass is 79.9. The maximum Gasteiger partial charge on any atom is 0.0992 e. The lowest BCUT2D eigenvalue weighted by atomic mass is 10.1. The van der Waals surface area contributed by atoms with Crippen molar-refractivity contribution in [2.24, 2.45) is 5.92 Å². The van der Waals surface area contributed by atoms with E-state index in [1.165, 1.54) is 24.9 Å². The zero-order valence-corrected chi connectivity index (χ0v) is 12.6. The van der Waals surface area contributed by atoms with Crippen LogP contribution in [0.5, 0.6) is 0 Å². The molecule has 0 aromatic heterocycles. The Morgan fingerprint density at radius 1 is 1.44 bits per heavy atom. The van der Waals surface area contributed by atoms with Crippen LogP contribution in [0.4, 0.5) is 5.69 Å².